The highest BCUT2D eigenvalue weighted by Gasteiger charge is 2.21. The first-order valence-corrected chi connectivity index (χ1v) is 10.2. The largest absolute Gasteiger partial charge is 0.375 e. The minimum Gasteiger partial charge on any atom is -0.375 e. The smallest absolute Gasteiger partial charge is 0.191 e. The fraction of sp³-hybridized carbons (Fsp3) is 0.409. The van der Waals surface area contributed by atoms with Crippen molar-refractivity contribution in [2.45, 2.75) is 25.0 Å². The van der Waals surface area contributed by atoms with Gasteiger partial charge in [-0.1, -0.05) is 29.8 Å². The zero-order valence-electron chi connectivity index (χ0n) is 17.3. The zero-order chi connectivity index (χ0) is 20.6. The minimum absolute atomic E-state index is 0. The first kappa shape index (κ1) is 24.7. The molecule has 30 heavy (non-hydrogen) atoms. The average Bonchev–Trinajstić information content (AvgIpc) is 2.74. The van der Waals surface area contributed by atoms with E-state index in [2.05, 4.69) is 20.5 Å². The lowest BCUT2D eigenvalue weighted by molar-refractivity contribution is 0.106. The van der Waals surface area contributed by atoms with Crippen molar-refractivity contribution in [3.8, 4) is 0 Å². The molecule has 0 saturated carbocycles. The molecule has 2 aromatic rings. The van der Waals surface area contributed by atoms with Crippen LogP contribution in [-0.4, -0.2) is 45.8 Å². The molecule has 1 unspecified atom stereocenters. The molecule has 2 aromatic carbocycles. The first-order chi connectivity index (χ1) is 14.1. The van der Waals surface area contributed by atoms with Crippen molar-refractivity contribution in [3.05, 3.63) is 64.9 Å². The maximum atomic E-state index is 13.5. The Balaban J connectivity index is 0.00000320. The number of aliphatic imine (C=N–C) groups is 1. The van der Waals surface area contributed by atoms with Gasteiger partial charge in [-0.3, -0.25) is 4.99 Å². The van der Waals surface area contributed by atoms with Crippen molar-refractivity contribution in [1.82, 2.24) is 10.6 Å². The summed E-state index contributed by atoms with van der Waals surface area (Å²) < 4.78 is 19.1. The van der Waals surface area contributed by atoms with Gasteiger partial charge in [0, 0.05) is 50.5 Å². The Kier molecular flexibility index (Phi) is 10.1. The summed E-state index contributed by atoms with van der Waals surface area (Å²) in [7, 11) is 3.45. The number of benzene rings is 2. The van der Waals surface area contributed by atoms with Crippen molar-refractivity contribution < 1.29 is 9.13 Å². The number of methoxy groups -OCH3 is 1. The number of nitrogens with zero attached hydrogens (tertiary/aromatic N) is 2. The minimum atomic E-state index is -0.195. The standard InChI is InChI=1S/C22H28ClFN4O.HI/c1-25-22(26-15-21(29-2)16-5-3-6-17(23)13-16)27-19-9-11-28(12-10-19)20-8-4-7-18(24)14-20;/h3-8,13-14,19,21H,9-12,15H2,1-2H3,(H2,25,26,27);1H. The van der Waals surface area contributed by atoms with Crippen molar-refractivity contribution in [2.24, 2.45) is 4.99 Å². The van der Waals surface area contributed by atoms with Crippen LogP contribution in [0.1, 0.15) is 24.5 Å². The molecule has 3 rings (SSSR count). The summed E-state index contributed by atoms with van der Waals surface area (Å²) in [4.78, 5) is 6.56. The number of piperidine rings is 1. The third kappa shape index (κ3) is 6.99. The van der Waals surface area contributed by atoms with Crippen LogP contribution in [0, 0.1) is 5.82 Å². The molecule has 0 radical (unpaired) electrons. The summed E-state index contributed by atoms with van der Waals surface area (Å²) in [6.45, 7) is 2.33. The van der Waals surface area contributed by atoms with E-state index in [9.17, 15) is 4.39 Å². The van der Waals surface area contributed by atoms with Crippen LogP contribution in [-0.2, 0) is 4.74 Å². The van der Waals surface area contributed by atoms with E-state index >= 15 is 0 Å². The van der Waals surface area contributed by atoms with E-state index in [0.717, 1.165) is 43.1 Å². The molecule has 2 N–H and O–H groups in total. The summed E-state index contributed by atoms with van der Waals surface area (Å²) in [5.74, 6) is 0.554. The monoisotopic (exact) mass is 546 g/mol. The Morgan fingerprint density at radius 1 is 1.23 bits per heavy atom. The van der Waals surface area contributed by atoms with Gasteiger partial charge in [-0.25, -0.2) is 4.39 Å². The molecule has 1 aliphatic rings. The number of rotatable bonds is 6. The van der Waals surface area contributed by atoms with Gasteiger partial charge in [0.1, 0.15) is 5.82 Å². The molecule has 0 amide bonds. The lowest BCUT2D eigenvalue weighted by Crippen LogP contribution is -2.49. The van der Waals surface area contributed by atoms with E-state index in [-0.39, 0.29) is 35.9 Å². The highest BCUT2D eigenvalue weighted by Crippen LogP contribution is 2.21. The Morgan fingerprint density at radius 3 is 2.60 bits per heavy atom. The second kappa shape index (κ2) is 12.3. The molecule has 8 heteroatoms. The number of halogens is 3. The van der Waals surface area contributed by atoms with Gasteiger partial charge < -0.3 is 20.3 Å². The molecule has 0 spiro atoms. The zero-order valence-corrected chi connectivity index (χ0v) is 20.4. The second-order valence-corrected chi connectivity index (χ2v) is 7.55. The van der Waals surface area contributed by atoms with Gasteiger partial charge in [0.15, 0.2) is 5.96 Å². The fourth-order valence-electron chi connectivity index (χ4n) is 3.58. The highest BCUT2D eigenvalue weighted by molar-refractivity contribution is 14.0. The van der Waals surface area contributed by atoms with Gasteiger partial charge in [-0.2, -0.15) is 0 Å². The molecule has 164 valence electrons. The van der Waals surface area contributed by atoms with Gasteiger partial charge in [-0.05, 0) is 48.7 Å². The van der Waals surface area contributed by atoms with E-state index in [1.165, 1.54) is 6.07 Å². The van der Waals surface area contributed by atoms with E-state index < -0.39 is 0 Å². The fourth-order valence-corrected chi connectivity index (χ4v) is 3.78. The van der Waals surface area contributed by atoms with E-state index in [4.69, 9.17) is 16.3 Å². The van der Waals surface area contributed by atoms with Crippen LogP contribution in [0.5, 0.6) is 0 Å². The molecule has 0 bridgehead atoms. The van der Waals surface area contributed by atoms with Crippen LogP contribution in [0.4, 0.5) is 10.1 Å². The SMILES string of the molecule is CN=C(NCC(OC)c1cccc(Cl)c1)NC1CCN(c2cccc(F)c2)CC1.I. The molecular weight excluding hydrogens is 518 g/mol. The van der Waals surface area contributed by atoms with E-state index in [1.807, 2.05) is 30.3 Å². The molecule has 0 aliphatic carbocycles. The lowest BCUT2D eigenvalue weighted by atomic mass is 10.0. The third-order valence-electron chi connectivity index (χ3n) is 5.19. The number of anilines is 1. The number of nitrogens with one attached hydrogen (secondary N) is 2. The predicted octanol–water partition coefficient (Wildman–Crippen LogP) is 4.62. The number of guanidine groups is 1. The molecule has 1 fully saturated rings. The molecule has 0 aromatic heterocycles. The Hall–Kier alpha value is -1.58. The highest BCUT2D eigenvalue weighted by atomic mass is 127. The summed E-state index contributed by atoms with van der Waals surface area (Å²) in [6, 6.07) is 14.8. The summed E-state index contributed by atoms with van der Waals surface area (Å²) in [5, 5.41) is 7.52. The van der Waals surface area contributed by atoms with Gasteiger partial charge in [0.05, 0.1) is 6.10 Å². The van der Waals surface area contributed by atoms with Gasteiger partial charge in [-0.15, -0.1) is 24.0 Å². The van der Waals surface area contributed by atoms with Crippen molar-refractivity contribution in [1.29, 1.82) is 0 Å². The number of ether oxygens (including phenoxy) is 1. The summed E-state index contributed by atoms with van der Waals surface area (Å²) >= 11 is 6.09. The molecule has 1 atom stereocenters. The number of hydrogen-bond donors (Lipinski definition) is 2. The van der Waals surface area contributed by atoms with Crippen LogP contribution >= 0.6 is 35.6 Å². The van der Waals surface area contributed by atoms with Crippen LogP contribution in [0.2, 0.25) is 5.02 Å². The first-order valence-electron chi connectivity index (χ1n) is 9.85. The second-order valence-electron chi connectivity index (χ2n) is 7.12. The molecule has 1 aliphatic heterocycles. The van der Waals surface area contributed by atoms with Crippen molar-refractivity contribution in [3.63, 3.8) is 0 Å². The molecule has 5 nitrogen and oxygen atoms in total. The summed E-state index contributed by atoms with van der Waals surface area (Å²) in [5.41, 5.74) is 1.96. The van der Waals surface area contributed by atoms with Gasteiger partial charge in [0.2, 0.25) is 0 Å². The van der Waals surface area contributed by atoms with Crippen LogP contribution in [0.3, 0.4) is 0 Å². The van der Waals surface area contributed by atoms with Gasteiger partial charge >= 0.3 is 0 Å². The van der Waals surface area contributed by atoms with Gasteiger partial charge in [0.25, 0.3) is 0 Å². The average molecular weight is 547 g/mol. The quantitative estimate of drug-likeness (QED) is 0.315. The molecule has 1 heterocycles. The normalized spacial score (nSPS) is 16.0. The Labute approximate surface area is 200 Å². The van der Waals surface area contributed by atoms with Crippen molar-refractivity contribution in [2.75, 3.05) is 38.7 Å². The van der Waals surface area contributed by atoms with Crippen LogP contribution in [0.15, 0.2) is 53.5 Å². The topological polar surface area (TPSA) is 48.9 Å². The van der Waals surface area contributed by atoms with Crippen LogP contribution < -0.4 is 15.5 Å². The lowest BCUT2D eigenvalue weighted by Gasteiger charge is -2.34. The summed E-state index contributed by atoms with van der Waals surface area (Å²) in [6.07, 6.45) is 1.79. The Bertz CT molecular complexity index is 830. The van der Waals surface area contributed by atoms with Crippen LogP contribution in [0.25, 0.3) is 0 Å². The number of hydrogen-bond acceptors (Lipinski definition) is 3. The third-order valence-corrected chi connectivity index (χ3v) is 5.43. The molecular formula is C22H29ClFIN4O. The maximum absolute atomic E-state index is 13.5. The Morgan fingerprint density at radius 2 is 1.97 bits per heavy atom. The predicted molar refractivity (Wildman–Crippen MR) is 133 cm³/mol. The molecule has 1 saturated heterocycles. The van der Waals surface area contributed by atoms with Crippen molar-refractivity contribution >= 4 is 47.2 Å². The maximum Gasteiger partial charge on any atom is 0.191 e. The van der Waals surface area contributed by atoms with E-state index in [1.54, 1.807) is 26.3 Å². The van der Waals surface area contributed by atoms with E-state index in [0.29, 0.717) is 17.6 Å².